The Kier molecular flexibility index (Phi) is 3.55. The molecule has 0 saturated carbocycles. The second kappa shape index (κ2) is 5.30. The minimum absolute atomic E-state index is 0.00565. The van der Waals surface area contributed by atoms with E-state index in [4.69, 9.17) is 0 Å². The molecule has 1 heterocycles. The standard InChI is InChI=1S/C13H15N3O/c1-11-7-9-14-16(11)10-8-13(17)15-12-5-3-2-4-6-12/h2-7,9H,8,10H2,1H3,(H,15,17). The molecule has 2 aromatic rings. The van der Waals surface area contributed by atoms with Crippen LogP contribution < -0.4 is 5.32 Å². The number of hydrogen-bond donors (Lipinski definition) is 1. The van der Waals surface area contributed by atoms with Crippen LogP contribution in [0.25, 0.3) is 0 Å². The van der Waals surface area contributed by atoms with Crippen LogP contribution in [-0.4, -0.2) is 15.7 Å². The van der Waals surface area contributed by atoms with Crippen LogP contribution in [0.15, 0.2) is 42.6 Å². The molecule has 0 saturated heterocycles. The molecule has 4 nitrogen and oxygen atoms in total. The van der Waals surface area contributed by atoms with Gasteiger partial charge in [-0.15, -0.1) is 0 Å². The predicted octanol–water partition coefficient (Wildman–Crippen LogP) is 2.22. The Morgan fingerprint density at radius 1 is 1.29 bits per heavy atom. The van der Waals surface area contributed by atoms with Gasteiger partial charge in [0, 0.05) is 30.5 Å². The number of anilines is 1. The Morgan fingerprint density at radius 2 is 2.06 bits per heavy atom. The molecular weight excluding hydrogens is 214 g/mol. The van der Waals surface area contributed by atoms with Crippen LogP contribution in [0.5, 0.6) is 0 Å². The molecule has 0 spiro atoms. The minimum Gasteiger partial charge on any atom is -0.326 e. The number of nitrogens with zero attached hydrogens (tertiary/aromatic N) is 2. The third kappa shape index (κ3) is 3.17. The van der Waals surface area contributed by atoms with E-state index >= 15 is 0 Å². The summed E-state index contributed by atoms with van der Waals surface area (Å²) in [6.07, 6.45) is 2.17. The number of amides is 1. The van der Waals surface area contributed by atoms with E-state index in [-0.39, 0.29) is 5.91 Å². The predicted molar refractivity (Wildman–Crippen MR) is 66.7 cm³/mol. The minimum atomic E-state index is 0.00565. The molecule has 1 aromatic carbocycles. The zero-order chi connectivity index (χ0) is 12.1. The third-order valence-corrected chi connectivity index (χ3v) is 2.54. The fourth-order valence-electron chi connectivity index (χ4n) is 1.59. The third-order valence-electron chi connectivity index (χ3n) is 2.54. The zero-order valence-electron chi connectivity index (χ0n) is 9.76. The van der Waals surface area contributed by atoms with Gasteiger partial charge in [0.1, 0.15) is 0 Å². The fourth-order valence-corrected chi connectivity index (χ4v) is 1.59. The van der Waals surface area contributed by atoms with E-state index in [2.05, 4.69) is 10.4 Å². The molecule has 0 aliphatic heterocycles. The van der Waals surface area contributed by atoms with Gasteiger partial charge in [0.2, 0.25) is 5.91 Å². The quantitative estimate of drug-likeness (QED) is 0.873. The van der Waals surface area contributed by atoms with Gasteiger partial charge in [0.15, 0.2) is 0 Å². The van der Waals surface area contributed by atoms with Crippen LogP contribution in [0.2, 0.25) is 0 Å². The molecule has 1 aromatic heterocycles. The first-order valence-electron chi connectivity index (χ1n) is 5.59. The van der Waals surface area contributed by atoms with Gasteiger partial charge >= 0.3 is 0 Å². The molecule has 1 amide bonds. The Balaban J connectivity index is 1.84. The topological polar surface area (TPSA) is 46.9 Å². The van der Waals surface area contributed by atoms with Crippen LogP contribution in [0, 0.1) is 6.92 Å². The summed E-state index contributed by atoms with van der Waals surface area (Å²) in [7, 11) is 0. The van der Waals surface area contributed by atoms with Crippen LogP contribution in [0.1, 0.15) is 12.1 Å². The fraction of sp³-hybridized carbons (Fsp3) is 0.231. The van der Waals surface area contributed by atoms with Crippen LogP contribution in [0.3, 0.4) is 0 Å². The van der Waals surface area contributed by atoms with E-state index < -0.39 is 0 Å². The number of para-hydroxylation sites is 1. The van der Waals surface area contributed by atoms with Gasteiger partial charge in [-0.1, -0.05) is 18.2 Å². The van der Waals surface area contributed by atoms with Crippen LogP contribution >= 0.6 is 0 Å². The lowest BCUT2D eigenvalue weighted by atomic mass is 10.3. The molecule has 88 valence electrons. The van der Waals surface area contributed by atoms with Crippen molar-refractivity contribution in [2.75, 3.05) is 5.32 Å². The Labute approximate surface area is 100 Å². The summed E-state index contributed by atoms with van der Waals surface area (Å²) < 4.78 is 1.82. The summed E-state index contributed by atoms with van der Waals surface area (Å²) in [6.45, 7) is 2.58. The first-order valence-corrected chi connectivity index (χ1v) is 5.59. The molecule has 4 heteroatoms. The van der Waals surface area contributed by atoms with Crippen molar-refractivity contribution >= 4 is 11.6 Å². The summed E-state index contributed by atoms with van der Waals surface area (Å²) in [5.41, 5.74) is 1.90. The van der Waals surface area contributed by atoms with Crippen molar-refractivity contribution in [3.05, 3.63) is 48.3 Å². The summed E-state index contributed by atoms with van der Waals surface area (Å²) in [5.74, 6) is 0.00565. The number of aryl methyl sites for hydroxylation is 2. The van der Waals surface area contributed by atoms with Crippen molar-refractivity contribution in [3.63, 3.8) is 0 Å². The van der Waals surface area contributed by atoms with E-state index in [0.29, 0.717) is 13.0 Å². The van der Waals surface area contributed by atoms with Gasteiger partial charge < -0.3 is 5.32 Å². The lowest BCUT2D eigenvalue weighted by Crippen LogP contribution is -2.15. The van der Waals surface area contributed by atoms with Gasteiger partial charge in [0.25, 0.3) is 0 Å². The number of rotatable bonds is 4. The Morgan fingerprint density at radius 3 is 2.71 bits per heavy atom. The van der Waals surface area contributed by atoms with Gasteiger partial charge in [0.05, 0.1) is 0 Å². The van der Waals surface area contributed by atoms with Crippen molar-refractivity contribution in [2.24, 2.45) is 0 Å². The van der Waals surface area contributed by atoms with Crippen LogP contribution in [-0.2, 0) is 11.3 Å². The van der Waals surface area contributed by atoms with Gasteiger partial charge in [-0.3, -0.25) is 9.48 Å². The number of carbonyl (C=O) groups excluding carboxylic acids is 1. The Hall–Kier alpha value is -2.10. The molecular formula is C13H15N3O. The van der Waals surface area contributed by atoms with Crippen molar-refractivity contribution in [1.29, 1.82) is 0 Å². The lowest BCUT2D eigenvalue weighted by Gasteiger charge is -2.06. The highest BCUT2D eigenvalue weighted by molar-refractivity contribution is 5.90. The average Bonchev–Trinajstić information content (AvgIpc) is 2.74. The van der Waals surface area contributed by atoms with E-state index in [1.165, 1.54) is 0 Å². The zero-order valence-corrected chi connectivity index (χ0v) is 9.76. The number of carbonyl (C=O) groups is 1. The smallest absolute Gasteiger partial charge is 0.226 e. The molecule has 1 N–H and O–H groups in total. The van der Waals surface area contributed by atoms with E-state index in [1.54, 1.807) is 6.20 Å². The number of benzene rings is 1. The Bertz CT molecular complexity index is 490. The second-order valence-electron chi connectivity index (χ2n) is 3.86. The first kappa shape index (κ1) is 11.4. The van der Waals surface area contributed by atoms with Crippen molar-refractivity contribution < 1.29 is 4.79 Å². The van der Waals surface area contributed by atoms with Crippen LogP contribution in [0.4, 0.5) is 5.69 Å². The van der Waals surface area contributed by atoms with Gasteiger partial charge in [-0.05, 0) is 25.1 Å². The van der Waals surface area contributed by atoms with E-state index in [1.807, 2.05) is 48.0 Å². The molecule has 0 bridgehead atoms. The molecule has 0 radical (unpaired) electrons. The number of aromatic nitrogens is 2. The van der Waals surface area contributed by atoms with Crippen molar-refractivity contribution in [3.8, 4) is 0 Å². The summed E-state index contributed by atoms with van der Waals surface area (Å²) >= 11 is 0. The normalized spacial score (nSPS) is 10.2. The molecule has 2 rings (SSSR count). The molecule has 0 atom stereocenters. The second-order valence-corrected chi connectivity index (χ2v) is 3.86. The summed E-state index contributed by atoms with van der Waals surface area (Å²) in [5, 5.41) is 6.98. The van der Waals surface area contributed by atoms with Gasteiger partial charge in [-0.2, -0.15) is 5.10 Å². The maximum absolute atomic E-state index is 11.7. The molecule has 17 heavy (non-hydrogen) atoms. The average molecular weight is 229 g/mol. The maximum atomic E-state index is 11.7. The molecule has 0 aliphatic carbocycles. The first-order chi connectivity index (χ1) is 8.25. The lowest BCUT2D eigenvalue weighted by molar-refractivity contribution is -0.116. The van der Waals surface area contributed by atoms with Gasteiger partial charge in [-0.25, -0.2) is 0 Å². The SMILES string of the molecule is Cc1ccnn1CCC(=O)Nc1ccccc1. The highest BCUT2D eigenvalue weighted by atomic mass is 16.1. The largest absolute Gasteiger partial charge is 0.326 e. The molecule has 0 aliphatic rings. The monoisotopic (exact) mass is 229 g/mol. The van der Waals surface area contributed by atoms with Crippen molar-refractivity contribution in [2.45, 2.75) is 19.9 Å². The summed E-state index contributed by atoms with van der Waals surface area (Å²) in [4.78, 5) is 11.7. The number of nitrogens with one attached hydrogen (secondary N) is 1. The summed E-state index contributed by atoms with van der Waals surface area (Å²) in [6, 6.07) is 11.4. The molecule has 0 fully saturated rings. The van der Waals surface area contributed by atoms with E-state index in [9.17, 15) is 4.79 Å². The van der Waals surface area contributed by atoms with Crippen molar-refractivity contribution in [1.82, 2.24) is 9.78 Å². The highest BCUT2D eigenvalue weighted by Crippen LogP contribution is 2.06. The highest BCUT2D eigenvalue weighted by Gasteiger charge is 2.03. The van der Waals surface area contributed by atoms with E-state index in [0.717, 1.165) is 11.4 Å². The maximum Gasteiger partial charge on any atom is 0.226 e. The number of hydrogen-bond acceptors (Lipinski definition) is 2. The molecule has 0 unspecified atom stereocenters.